The molecule has 0 spiro atoms. The second-order valence-corrected chi connectivity index (χ2v) is 5.50. The van der Waals surface area contributed by atoms with Crippen molar-refractivity contribution in [3.05, 3.63) is 5.82 Å². The molecule has 0 atom stereocenters. The molecule has 1 aliphatic carbocycles. The fraction of sp³-hybridized carbons (Fsp3) is 0.833. The lowest BCUT2D eigenvalue weighted by Crippen LogP contribution is -2.34. The summed E-state index contributed by atoms with van der Waals surface area (Å²) in [4.78, 5) is 4.51. The molecule has 1 aliphatic rings. The summed E-state index contributed by atoms with van der Waals surface area (Å²) in [6.07, 6.45) is 7.08. The van der Waals surface area contributed by atoms with Crippen LogP contribution >= 0.6 is 11.5 Å². The molecule has 96 valence electrons. The molecule has 0 amide bonds. The third kappa shape index (κ3) is 3.64. The number of nitrogens with one attached hydrogen (secondary N) is 2. The summed E-state index contributed by atoms with van der Waals surface area (Å²) in [6.45, 7) is 2.16. The van der Waals surface area contributed by atoms with Crippen LogP contribution in [0.5, 0.6) is 0 Å². The molecule has 1 aromatic rings. The van der Waals surface area contributed by atoms with Crippen molar-refractivity contribution >= 4 is 16.7 Å². The molecule has 0 aliphatic heterocycles. The highest BCUT2D eigenvalue weighted by atomic mass is 32.1. The average molecular weight is 254 g/mol. The summed E-state index contributed by atoms with van der Waals surface area (Å²) in [5.74, 6) is 0.990. The number of aryl methyl sites for hydroxylation is 1. The van der Waals surface area contributed by atoms with E-state index in [1.54, 1.807) is 0 Å². The molecule has 0 bridgehead atoms. The second kappa shape index (κ2) is 6.31. The summed E-state index contributed by atoms with van der Waals surface area (Å²) in [5, 5.41) is 7.88. The molecule has 0 radical (unpaired) electrons. The first-order chi connectivity index (χ1) is 8.31. The molecule has 5 heteroatoms. The Labute approximate surface area is 107 Å². The standard InChI is InChI=1S/C12H22N4S/c1-3-4-11-15-12(17-16-11)14-10-7-5-9(13-2)6-8-10/h9-10,13H,3-8H2,1-2H3,(H,14,15,16). The smallest absolute Gasteiger partial charge is 0.202 e. The van der Waals surface area contributed by atoms with Gasteiger partial charge in [-0.15, -0.1) is 0 Å². The van der Waals surface area contributed by atoms with Gasteiger partial charge in [-0.25, -0.2) is 4.98 Å². The van der Waals surface area contributed by atoms with Crippen LogP contribution in [0.25, 0.3) is 0 Å². The number of nitrogens with zero attached hydrogens (tertiary/aromatic N) is 2. The van der Waals surface area contributed by atoms with Crippen molar-refractivity contribution in [1.82, 2.24) is 14.7 Å². The van der Waals surface area contributed by atoms with Crippen LogP contribution in [-0.2, 0) is 6.42 Å². The molecule has 17 heavy (non-hydrogen) atoms. The predicted octanol–water partition coefficient (Wildman–Crippen LogP) is 2.43. The van der Waals surface area contributed by atoms with Crippen LogP contribution in [0, 0.1) is 0 Å². The van der Waals surface area contributed by atoms with Gasteiger partial charge >= 0.3 is 0 Å². The zero-order valence-corrected chi connectivity index (χ0v) is 11.5. The maximum atomic E-state index is 4.51. The Morgan fingerprint density at radius 2 is 1.94 bits per heavy atom. The Bertz CT molecular complexity index is 331. The Morgan fingerprint density at radius 3 is 2.59 bits per heavy atom. The lowest BCUT2D eigenvalue weighted by Gasteiger charge is -2.28. The minimum Gasteiger partial charge on any atom is -0.358 e. The first-order valence-corrected chi connectivity index (χ1v) is 7.35. The monoisotopic (exact) mass is 254 g/mol. The van der Waals surface area contributed by atoms with Gasteiger partial charge in [-0.1, -0.05) is 6.92 Å². The van der Waals surface area contributed by atoms with E-state index in [4.69, 9.17) is 0 Å². The van der Waals surface area contributed by atoms with Crippen LogP contribution in [0.3, 0.4) is 0 Å². The molecule has 0 aromatic carbocycles. The Kier molecular flexibility index (Phi) is 4.74. The van der Waals surface area contributed by atoms with E-state index in [0.29, 0.717) is 12.1 Å². The summed E-state index contributed by atoms with van der Waals surface area (Å²) in [6, 6.07) is 1.29. The Balaban J connectivity index is 1.80. The molecule has 1 fully saturated rings. The highest BCUT2D eigenvalue weighted by Gasteiger charge is 2.20. The van der Waals surface area contributed by atoms with Crippen LogP contribution in [0.1, 0.15) is 44.9 Å². The molecule has 0 saturated heterocycles. The van der Waals surface area contributed by atoms with E-state index in [2.05, 4.69) is 34.0 Å². The van der Waals surface area contributed by atoms with Gasteiger partial charge in [0.25, 0.3) is 0 Å². The third-order valence-corrected chi connectivity index (χ3v) is 4.09. The fourth-order valence-electron chi connectivity index (χ4n) is 2.34. The SMILES string of the molecule is CCCc1nsc(NC2CCC(NC)CC2)n1. The van der Waals surface area contributed by atoms with E-state index in [1.807, 2.05) is 0 Å². The highest BCUT2D eigenvalue weighted by Crippen LogP contribution is 2.23. The van der Waals surface area contributed by atoms with Crippen molar-refractivity contribution in [2.45, 2.75) is 57.5 Å². The number of rotatable bonds is 5. The molecule has 2 rings (SSSR count). The number of aromatic nitrogens is 2. The van der Waals surface area contributed by atoms with Gasteiger partial charge < -0.3 is 10.6 Å². The lowest BCUT2D eigenvalue weighted by molar-refractivity contribution is 0.371. The predicted molar refractivity (Wildman–Crippen MR) is 72.6 cm³/mol. The van der Waals surface area contributed by atoms with Gasteiger partial charge in [0, 0.05) is 30.0 Å². The Hall–Kier alpha value is -0.680. The van der Waals surface area contributed by atoms with E-state index in [1.165, 1.54) is 37.2 Å². The van der Waals surface area contributed by atoms with Crippen molar-refractivity contribution in [2.24, 2.45) is 0 Å². The van der Waals surface area contributed by atoms with E-state index in [9.17, 15) is 0 Å². The third-order valence-electron chi connectivity index (χ3n) is 3.40. The number of anilines is 1. The maximum Gasteiger partial charge on any atom is 0.202 e. The van der Waals surface area contributed by atoms with E-state index in [-0.39, 0.29) is 0 Å². The first kappa shape index (κ1) is 12.8. The second-order valence-electron chi connectivity index (χ2n) is 4.75. The lowest BCUT2D eigenvalue weighted by atomic mass is 9.91. The van der Waals surface area contributed by atoms with Crippen molar-refractivity contribution in [3.63, 3.8) is 0 Å². The quantitative estimate of drug-likeness (QED) is 0.847. The van der Waals surface area contributed by atoms with Gasteiger partial charge in [-0.3, -0.25) is 0 Å². The van der Waals surface area contributed by atoms with E-state index < -0.39 is 0 Å². The molecule has 2 N–H and O–H groups in total. The average Bonchev–Trinajstić information content (AvgIpc) is 2.78. The maximum absolute atomic E-state index is 4.51. The molecule has 1 aromatic heterocycles. The van der Waals surface area contributed by atoms with Crippen LogP contribution in [0.2, 0.25) is 0 Å². The number of hydrogen-bond acceptors (Lipinski definition) is 5. The van der Waals surface area contributed by atoms with Crippen molar-refractivity contribution in [1.29, 1.82) is 0 Å². The van der Waals surface area contributed by atoms with Crippen LogP contribution in [-0.4, -0.2) is 28.5 Å². The van der Waals surface area contributed by atoms with Crippen molar-refractivity contribution in [2.75, 3.05) is 12.4 Å². The summed E-state index contributed by atoms with van der Waals surface area (Å²) in [7, 11) is 2.06. The first-order valence-electron chi connectivity index (χ1n) is 6.58. The molecule has 1 saturated carbocycles. The molecule has 1 heterocycles. The molecule has 4 nitrogen and oxygen atoms in total. The minimum absolute atomic E-state index is 0.585. The van der Waals surface area contributed by atoms with Crippen LogP contribution in [0.15, 0.2) is 0 Å². The summed E-state index contributed by atoms with van der Waals surface area (Å²) >= 11 is 1.50. The van der Waals surface area contributed by atoms with E-state index in [0.717, 1.165) is 23.8 Å². The topological polar surface area (TPSA) is 49.8 Å². The summed E-state index contributed by atoms with van der Waals surface area (Å²) < 4.78 is 4.36. The highest BCUT2D eigenvalue weighted by molar-refractivity contribution is 7.09. The van der Waals surface area contributed by atoms with Gasteiger partial charge in [-0.2, -0.15) is 4.37 Å². The molecule has 0 unspecified atom stereocenters. The largest absolute Gasteiger partial charge is 0.358 e. The van der Waals surface area contributed by atoms with Crippen molar-refractivity contribution < 1.29 is 0 Å². The zero-order chi connectivity index (χ0) is 12.1. The fourth-order valence-corrected chi connectivity index (χ4v) is 3.03. The molecular formula is C12H22N4S. The van der Waals surface area contributed by atoms with Crippen LogP contribution < -0.4 is 10.6 Å². The van der Waals surface area contributed by atoms with Gasteiger partial charge in [-0.05, 0) is 39.2 Å². The normalized spacial score (nSPS) is 24.8. The van der Waals surface area contributed by atoms with Crippen LogP contribution in [0.4, 0.5) is 5.13 Å². The molecular weight excluding hydrogens is 232 g/mol. The minimum atomic E-state index is 0.585. The zero-order valence-electron chi connectivity index (χ0n) is 10.7. The summed E-state index contributed by atoms with van der Waals surface area (Å²) in [5.41, 5.74) is 0. The Morgan fingerprint density at radius 1 is 1.24 bits per heavy atom. The van der Waals surface area contributed by atoms with Crippen molar-refractivity contribution in [3.8, 4) is 0 Å². The van der Waals surface area contributed by atoms with Gasteiger partial charge in [0.1, 0.15) is 5.82 Å². The van der Waals surface area contributed by atoms with E-state index >= 15 is 0 Å². The van der Waals surface area contributed by atoms with Gasteiger partial charge in [0.15, 0.2) is 0 Å². The van der Waals surface area contributed by atoms with Gasteiger partial charge in [0.05, 0.1) is 0 Å². The van der Waals surface area contributed by atoms with Gasteiger partial charge in [0.2, 0.25) is 5.13 Å². The number of hydrogen-bond donors (Lipinski definition) is 2.